The molecule has 1 saturated heterocycles. The Morgan fingerprint density at radius 1 is 0.969 bits per heavy atom. The summed E-state index contributed by atoms with van der Waals surface area (Å²) in [4.78, 5) is 26.7. The first-order valence-corrected chi connectivity index (χ1v) is 11.7. The predicted molar refractivity (Wildman–Crippen MR) is 122 cm³/mol. The van der Waals surface area contributed by atoms with E-state index in [1.54, 1.807) is 12.4 Å². The molecule has 1 aromatic carbocycles. The second kappa shape index (κ2) is 7.85. The minimum Gasteiger partial charge on any atom is -0.338 e. The van der Waals surface area contributed by atoms with Gasteiger partial charge in [-0.1, -0.05) is 24.3 Å². The molecule has 4 heterocycles. The third-order valence-corrected chi connectivity index (χ3v) is 7.77. The molecule has 1 atom stereocenters. The zero-order valence-electron chi connectivity index (χ0n) is 18.4. The Bertz CT molecular complexity index is 1120. The van der Waals surface area contributed by atoms with Crippen molar-refractivity contribution in [1.82, 2.24) is 24.3 Å². The van der Waals surface area contributed by atoms with E-state index in [2.05, 4.69) is 60.7 Å². The van der Waals surface area contributed by atoms with Gasteiger partial charge in [0.25, 0.3) is 0 Å². The topological polar surface area (TPSA) is 54.3 Å². The van der Waals surface area contributed by atoms with Crippen molar-refractivity contribution in [2.75, 3.05) is 19.6 Å². The number of likely N-dealkylation sites (tertiary alicyclic amines) is 1. The summed E-state index contributed by atoms with van der Waals surface area (Å²) in [7, 11) is 0. The highest BCUT2D eigenvalue weighted by atomic mass is 16.2. The molecule has 2 aliphatic heterocycles. The van der Waals surface area contributed by atoms with E-state index in [1.807, 2.05) is 12.3 Å². The maximum Gasteiger partial charge on any atom is 0.233 e. The number of nitrogens with zero attached hydrogens (tertiary/aromatic N) is 5. The Morgan fingerprint density at radius 2 is 1.75 bits per heavy atom. The van der Waals surface area contributed by atoms with Crippen LogP contribution >= 0.6 is 0 Å². The van der Waals surface area contributed by atoms with Gasteiger partial charge in [-0.3, -0.25) is 14.3 Å². The summed E-state index contributed by atoms with van der Waals surface area (Å²) in [5, 5.41) is 0. The van der Waals surface area contributed by atoms with E-state index < -0.39 is 0 Å². The summed E-state index contributed by atoms with van der Waals surface area (Å²) in [6, 6.07) is 14.6. The normalized spacial score (nSPS) is 22.0. The smallest absolute Gasteiger partial charge is 0.233 e. The van der Waals surface area contributed by atoms with Gasteiger partial charge >= 0.3 is 0 Å². The van der Waals surface area contributed by atoms with Crippen molar-refractivity contribution in [3.05, 3.63) is 77.9 Å². The molecular weight excluding hydrogens is 398 g/mol. The van der Waals surface area contributed by atoms with Gasteiger partial charge in [-0.2, -0.15) is 0 Å². The summed E-state index contributed by atoms with van der Waals surface area (Å²) in [5.74, 6) is 1.34. The van der Waals surface area contributed by atoms with Crippen LogP contribution in [0, 0.1) is 11.3 Å². The fourth-order valence-electron chi connectivity index (χ4n) is 5.70. The number of hydrogen-bond acceptors (Lipinski definition) is 4. The van der Waals surface area contributed by atoms with Crippen LogP contribution in [0.15, 0.2) is 61.1 Å². The summed E-state index contributed by atoms with van der Waals surface area (Å²) in [6.07, 6.45) is 9.89. The molecule has 3 aliphatic rings. The van der Waals surface area contributed by atoms with Crippen LogP contribution in [0.4, 0.5) is 0 Å². The van der Waals surface area contributed by atoms with Crippen molar-refractivity contribution < 1.29 is 4.79 Å². The highest BCUT2D eigenvalue weighted by Crippen LogP contribution is 2.60. The van der Waals surface area contributed by atoms with Crippen molar-refractivity contribution in [1.29, 1.82) is 0 Å². The largest absolute Gasteiger partial charge is 0.338 e. The lowest BCUT2D eigenvalue weighted by Crippen LogP contribution is -2.40. The molecule has 32 heavy (non-hydrogen) atoms. The quantitative estimate of drug-likeness (QED) is 0.640. The second-order valence-corrected chi connectivity index (χ2v) is 9.59. The van der Waals surface area contributed by atoms with Gasteiger partial charge in [0.2, 0.25) is 11.9 Å². The van der Waals surface area contributed by atoms with Gasteiger partial charge in [-0.25, -0.2) is 9.97 Å². The zero-order chi connectivity index (χ0) is 21.5. The predicted octanol–water partition coefficient (Wildman–Crippen LogP) is 3.45. The molecule has 1 amide bonds. The molecule has 1 saturated carbocycles. The first-order chi connectivity index (χ1) is 15.7. The van der Waals surface area contributed by atoms with E-state index in [0.717, 1.165) is 64.4 Å². The van der Waals surface area contributed by atoms with E-state index in [0.29, 0.717) is 5.91 Å². The summed E-state index contributed by atoms with van der Waals surface area (Å²) in [6.45, 7) is 4.64. The molecule has 2 aromatic heterocycles. The highest BCUT2D eigenvalue weighted by Gasteiger charge is 2.59. The van der Waals surface area contributed by atoms with Crippen LogP contribution in [-0.4, -0.2) is 49.9 Å². The molecule has 2 fully saturated rings. The molecule has 1 aliphatic carbocycles. The van der Waals surface area contributed by atoms with Gasteiger partial charge in [0.05, 0.1) is 0 Å². The Morgan fingerprint density at radius 3 is 2.56 bits per heavy atom. The van der Waals surface area contributed by atoms with E-state index in [9.17, 15) is 4.79 Å². The standard InChI is InChI=1S/C26H29N5O/c32-24(30-14-8-20-5-1-2-6-21(20)18-30)23-17-26(23)9-15-29(16-10-26)19-22-7-3-13-31(22)25-27-11-4-12-28-25/h1-7,11-13,23H,8-10,14-19H2. The molecule has 3 aromatic rings. The fraction of sp³-hybridized carbons (Fsp3) is 0.423. The van der Waals surface area contributed by atoms with Crippen molar-refractivity contribution in [3.8, 4) is 5.95 Å². The average Bonchev–Trinajstić information content (AvgIpc) is 3.34. The van der Waals surface area contributed by atoms with E-state index in [4.69, 9.17) is 0 Å². The Labute approximate surface area is 188 Å². The van der Waals surface area contributed by atoms with Gasteiger partial charge in [0.15, 0.2) is 0 Å². The molecule has 6 heteroatoms. The Hall–Kier alpha value is -2.99. The van der Waals surface area contributed by atoms with E-state index in [-0.39, 0.29) is 11.3 Å². The van der Waals surface area contributed by atoms with Crippen molar-refractivity contribution in [2.24, 2.45) is 11.3 Å². The SMILES string of the molecule is O=C(C1CC12CCN(Cc1cccn1-c1ncccn1)CC2)N1CCc2ccccc2C1. The average molecular weight is 428 g/mol. The summed E-state index contributed by atoms with van der Waals surface area (Å²) in [5.41, 5.74) is 4.18. The second-order valence-electron chi connectivity index (χ2n) is 9.59. The number of rotatable bonds is 4. The number of fused-ring (bicyclic) bond motifs is 1. The van der Waals surface area contributed by atoms with Gasteiger partial charge in [0.1, 0.15) is 0 Å². The van der Waals surface area contributed by atoms with Crippen LogP contribution in [0.1, 0.15) is 36.1 Å². The summed E-state index contributed by atoms with van der Waals surface area (Å²) < 4.78 is 2.07. The molecular formula is C26H29N5O. The number of carbonyl (C=O) groups excluding carboxylic acids is 1. The molecule has 6 nitrogen and oxygen atoms in total. The monoisotopic (exact) mass is 427 g/mol. The molecule has 1 unspecified atom stereocenters. The summed E-state index contributed by atoms with van der Waals surface area (Å²) >= 11 is 0. The maximum atomic E-state index is 13.3. The minimum absolute atomic E-state index is 0.233. The van der Waals surface area contributed by atoms with Gasteiger partial charge in [0, 0.05) is 49.8 Å². The van der Waals surface area contributed by atoms with Crippen LogP contribution in [0.2, 0.25) is 0 Å². The van der Waals surface area contributed by atoms with Crippen LogP contribution in [0.5, 0.6) is 0 Å². The van der Waals surface area contributed by atoms with Crippen LogP contribution in [-0.2, 0) is 24.3 Å². The van der Waals surface area contributed by atoms with Crippen molar-refractivity contribution >= 4 is 5.91 Å². The van der Waals surface area contributed by atoms with Gasteiger partial charge in [-0.05, 0) is 73.5 Å². The lowest BCUT2D eigenvalue weighted by Gasteiger charge is -2.34. The molecule has 164 valence electrons. The first kappa shape index (κ1) is 19.7. The number of carbonyl (C=O) groups is 1. The third kappa shape index (κ3) is 3.52. The number of piperidine rings is 1. The molecule has 1 spiro atoms. The zero-order valence-corrected chi connectivity index (χ0v) is 18.4. The van der Waals surface area contributed by atoms with Crippen molar-refractivity contribution in [3.63, 3.8) is 0 Å². The molecule has 0 N–H and O–H groups in total. The lowest BCUT2D eigenvalue weighted by molar-refractivity contribution is -0.134. The molecule has 0 bridgehead atoms. The van der Waals surface area contributed by atoms with Crippen molar-refractivity contribution in [2.45, 2.75) is 38.8 Å². The van der Waals surface area contributed by atoms with Crippen LogP contribution in [0.25, 0.3) is 5.95 Å². The maximum absolute atomic E-state index is 13.3. The Kier molecular flexibility index (Phi) is 4.83. The molecule has 6 rings (SSSR count). The number of hydrogen-bond donors (Lipinski definition) is 0. The van der Waals surface area contributed by atoms with Crippen LogP contribution in [0.3, 0.4) is 0 Å². The Balaban J connectivity index is 1.06. The van der Waals surface area contributed by atoms with E-state index >= 15 is 0 Å². The third-order valence-electron chi connectivity index (χ3n) is 7.77. The number of benzene rings is 1. The van der Waals surface area contributed by atoms with E-state index in [1.165, 1.54) is 16.8 Å². The minimum atomic E-state index is 0.233. The van der Waals surface area contributed by atoms with Gasteiger partial charge in [-0.15, -0.1) is 0 Å². The lowest BCUT2D eigenvalue weighted by atomic mass is 9.90. The highest BCUT2D eigenvalue weighted by molar-refractivity contribution is 5.83. The van der Waals surface area contributed by atoms with Crippen LogP contribution < -0.4 is 0 Å². The number of amides is 1. The number of aromatic nitrogens is 3. The fourth-order valence-corrected chi connectivity index (χ4v) is 5.70. The molecule has 0 radical (unpaired) electrons. The first-order valence-electron chi connectivity index (χ1n) is 11.7. The van der Waals surface area contributed by atoms with Gasteiger partial charge < -0.3 is 4.90 Å².